The number of urea groups is 1. The Balaban J connectivity index is 2.71. The molecule has 1 aromatic carbocycles. The molecule has 1 N–H and O–H groups in total. The lowest BCUT2D eigenvalue weighted by Crippen LogP contribution is -2.44. The molecule has 2 amide bonds. The standard InChI is InChI=1S/C13H17F3N2O/c1-2-3-9-18(11-7-5-4-6-8-11)12(19)17-10-13(14,15)16/h4-8H,2-3,9-10H2,1H3,(H,17,19). The molecular formula is C13H17F3N2O. The molecule has 0 unspecified atom stereocenters. The van der Waals surface area contributed by atoms with Crippen LogP contribution in [0.3, 0.4) is 0 Å². The molecule has 0 radical (unpaired) electrons. The van der Waals surface area contributed by atoms with Crippen LogP contribution < -0.4 is 10.2 Å². The molecule has 1 aromatic rings. The number of hydrogen-bond donors (Lipinski definition) is 1. The lowest BCUT2D eigenvalue weighted by atomic mass is 10.2. The van der Waals surface area contributed by atoms with Gasteiger partial charge in [0.15, 0.2) is 0 Å². The van der Waals surface area contributed by atoms with Crippen molar-refractivity contribution in [2.45, 2.75) is 25.9 Å². The van der Waals surface area contributed by atoms with Crippen LogP contribution >= 0.6 is 0 Å². The molecule has 0 aliphatic heterocycles. The molecule has 6 heteroatoms. The molecule has 1 rings (SSSR count). The van der Waals surface area contributed by atoms with E-state index in [1.807, 2.05) is 12.2 Å². The van der Waals surface area contributed by atoms with Gasteiger partial charge in [-0.15, -0.1) is 0 Å². The third kappa shape index (κ3) is 5.63. The molecule has 0 bridgehead atoms. The van der Waals surface area contributed by atoms with Crippen LogP contribution in [0.25, 0.3) is 0 Å². The van der Waals surface area contributed by atoms with E-state index < -0.39 is 18.8 Å². The third-order valence-corrected chi connectivity index (χ3v) is 2.49. The number of alkyl halides is 3. The van der Waals surface area contributed by atoms with Crippen molar-refractivity contribution >= 4 is 11.7 Å². The predicted octanol–water partition coefficient (Wildman–Crippen LogP) is 3.57. The van der Waals surface area contributed by atoms with E-state index in [-0.39, 0.29) is 0 Å². The summed E-state index contributed by atoms with van der Waals surface area (Å²) in [5, 5.41) is 1.89. The topological polar surface area (TPSA) is 32.3 Å². The quantitative estimate of drug-likeness (QED) is 0.874. The van der Waals surface area contributed by atoms with Crippen molar-refractivity contribution in [1.82, 2.24) is 5.32 Å². The van der Waals surface area contributed by atoms with E-state index in [0.717, 1.165) is 12.8 Å². The lowest BCUT2D eigenvalue weighted by molar-refractivity contribution is -0.122. The molecule has 3 nitrogen and oxygen atoms in total. The van der Waals surface area contributed by atoms with Crippen molar-refractivity contribution in [3.63, 3.8) is 0 Å². The number of carbonyl (C=O) groups excluding carboxylic acids is 1. The van der Waals surface area contributed by atoms with Gasteiger partial charge in [-0.3, -0.25) is 4.90 Å². The second kappa shape index (κ2) is 7.01. The first-order valence-electron chi connectivity index (χ1n) is 6.11. The summed E-state index contributed by atoms with van der Waals surface area (Å²) in [6, 6.07) is 7.94. The number of amides is 2. The summed E-state index contributed by atoms with van der Waals surface area (Å²) in [5.74, 6) is 0. The van der Waals surface area contributed by atoms with Crippen LogP contribution in [0.4, 0.5) is 23.7 Å². The molecule has 0 fully saturated rings. The largest absolute Gasteiger partial charge is 0.405 e. The van der Waals surface area contributed by atoms with Crippen LogP contribution in [0.5, 0.6) is 0 Å². The number of carbonyl (C=O) groups is 1. The normalized spacial score (nSPS) is 11.2. The average Bonchev–Trinajstić information content (AvgIpc) is 2.37. The number of hydrogen-bond acceptors (Lipinski definition) is 1. The molecule has 0 saturated carbocycles. The van der Waals surface area contributed by atoms with Crippen LogP contribution in [0.2, 0.25) is 0 Å². The van der Waals surface area contributed by atoms with E-state index in [1.165, 1.54) is 4.90 Å². The smallest absolute Gasteiger partial charge is 0.329 e. The predicted molar refractivity (Wildman–Crippen MR) is 68.1 cm³/mol. The van der Waals surface area contributed by atoms with Crippen LogP contribution in [0.15, 0.2) is 30.3 Å². The van der Waals surface area contributed by atoms with Gasteiger partial charge in [0.25, 0.3) is 0 Å². The molecule has 106 valence electrons. The molecule has 0 saturated heterocycles. The van der Waals surface area contributed by atoms with Crippen molar-refractivity contribution in [3.8, 4) is 0 Å². The Bertz CT molecular complexity index is 393. The molecule has 0 aliphatic rings. The minimum atomic E-state index is -4.40. The van der Waals surface area contributed by atoms with Crippen LogP contribution in [0.1, 0.15) is 19.8 Å². The number of halogens is 3. The summed E-state index contributed by atoms with van der Waals surface area (Å²) in [6.07, 6.45) is -2.81. The highest BCUT2D eigenvalue weighted by Gasteiger charge is 2.29. The zero-order chi connectivity index (χ0) is 14.3. The third-order valence-electron chi connectivity index (χ3n) is 2.49. The van der Waals surface area contributed by atoms with Crippen molar-refractivity contribution in [2.75, 3.05) is 18.0 Å². The Morgan fingerprint density at radius 2 is 1.89 bits per heavy atom. The molecule has 0 atom stereocenters. The fourth-order valence-corrected chi connectivity index (χ4v) is 1.54. The maximum atomic E-state index is 12.1. The van der Waals surface area contributed by atoms with E-state index in [0.29, 0.717) is 12.2 Å². The van der Waals surface area contributed by atoms with Gasteiger partial charge in [-0.1, -0.05) is 31.5 Å². The van der Waals surface area contributed by atoms with Gasteiger partial charge in [0.05, 0.1) is 0 Å². The summed E-state index contributed by atoms with van der Waals surface area (Å²) >= 11 is 0. The highest BCUT2D eigenvalue weighted by molar-refractivity contribution is 5.91. The maximum Gasteiger partial charge on any atom is 0.405 e. The van der Waals surface area contributed by atoms with Gasteiger partial charge in [0.2, 0.25) is 0 Å². The molecule has 0 aliphatic carbocycles. The van der Waals surface area contributed by atoms with Gasteiger partial charge in [-0.2, -0.15) is 13.2 Å². The Kier molecular flexibility index (Phi) is 5.66. The summed E-state index contributed by atoms with van der Waals surface area (Å²) in [5.41, 5.74) is 0.593. The Labute approximate surface area is 110 Å². The van der Waals surface area contributed by atoms with Crippen molar-refractivity contribution in [3.05, 3.63) is 30.3 Å². The van der Waals surface area contributed by atoms with Gasteiger partial charge in [-0.05, 0) is 18.6 Å². The zero-order valence-electron chi connectivity index (χ0n) is 10.7. The van der Waals surface area contributed by atoms with Gasteiger partial charge in [-0.25, -0.2) is 4.79 Å². The second-order valence-electron chi connectivity index (χ2n) is 4.11. The van der Waals surface area contributed by atoms with Crippen molar-refractivity contribution in [1.29, 1.82) is 0 Å². The Morgan fingerprint density at radius 3 is 2.42 bits per heavy atom. The first-order valence-corrected chi connectivity index (χ1v) is 6.11. The molecule has 19 heavy (non-hydrogen) atoms. The summed E-state index contributed by atoms with van der Waals surface area (Å²) in [6.45, 7) is 1.03. The van der Waals surface area contributed by atoms with E-state index in [2.05, 4.69) is 0 Å². The van der Waals surface area contributed by atoms with Crippen LogP contribution in [-0.4, -0.2) is 25.3 Å². The van der Waals surface area contributed by atoms with Gasteiger partial charge >= 0.3 is 12.2 Å². The second-order valence-corrected chi connectivity index (χ2v) is 4.11. The highest BCUT2D eigenvalue weighted by atomic mass is 19.4. The van der Waals surface area contributed by atoms with E-state index in [9.17, 15) is 18.0 Å². The number of rotatable bonds is 5. The van der Waals surface area contributed by atoms with Crippen molar-refractivity contribution in [2.24, 2.45) is 0 Å². The number of nitrogens with one attached hydrogen (secondary N) is 1. The SMILES string of the molecule is CCCCN(C(=O)NCC(F)(F)F)c1ccccc1. The van der Waals surface area contributed by atoms with Crippen LogP contribution in [0, 0.1) is 0 Å². The Morgan fingerprint density at radius 1 is 1.26 bits per heavy atom. The highest BCUT2D eigenvalue weighted by Crippen LogP contribution is 2.16. The number of benzene rings is 1. The number of anilines is 1. The molecule has 0 aromatic heterocycles. The fourth-order valence-electron chi connectivity index (χ4n) is 1.54. The number of nitrogens with zero attached hydrogens (tertiary/aromatic N) is 1. The lowest BCUT2D eigenvalue weighted by Gasteiger charge is -2.23. The molecule has 0 spiro atoms. The number of para-hydroxylation sites is 1. The summed E-state index contributed by atoms with van der Waals surface area (Å²) in [7, 11) is 0. The Hall–Kier alpha value is -1.72. The van der Waals surface area contributed by atoms with Gasteiger partial charge in [0, 0.05) is 12.2 Å². The number of unbranched alkanes of at least 4 members (excludes halogenated alkanes) is 1. The first-order chi connectivity index (χ1) is 8.94. The molecule has 0 heterocycles. The fraction of sp³-hybridized carbons (Fsp3) is 0.462. The maximum absolute atomic E-state index is 12.1. The van der Waals surface area contributed by atoms with Gasteiger partial charge < -0.3 is 5.32 Å². The summed E-state index contributed by atoms with van der Waals surface area (Å²) in [4.78, 5) is 13.1. The van der Waals surface area contributed by atoms with Gasteiger partial charge in [0.1, 0.15) is 6.54 Å². The van der Waals surface area contributed by atoms with E-state index >= 15 is 0 Å². The minimum absolute atomic E-state index is 0.393. The first kappa shape index (κ1) is 15.3. The average molecular weight is 274 g/mol. The van der Waals surface area contributed by atoms with E-state index in [4.69, 9.17) is 0 Å². The molecular weight excluding hydrogens is 257 g/mol. The van der Waals surface area contributed by atoms with Crippen LogP contribution in [-0.2, 0) is 0 Å². The monoisotopic (exact) mass is 274 g/mol. The van der Waals surface area contributed by atoms with Crippen molar-refractivity contribution < 1.29 is 18.0 Å². The zero-order valence-corrected chi connectivity index (χ0v) is 10.7. The van der Waals surface area contributed by atoms with E-state index in [1.54, 1.807) is 30.3 Å². The minimum Gasteiger partial charge on any atom is -0.329 e. The summed E-state index contributed by atoms with van der Waals surface area (Å²) < 4.78 is 36.3.